The van der Waals surface area contributed by atoms with Crippen molar-refractivity contribution in [1.29, 1.82) is 0 Å². The minimum absolute atomic E-state index is 0.0409. The predicted molar refractivity (Wildman–Crippen MR) is 184 cm³/mol. The number of guanidine groups is 1. The molecule has 3 heterocycles. The maximum Gasteiger partial charge on any atom is 0.451 e. The number of nitrogens with two attached hydrogens (primary N) is 1. The van der Waals surface area contributed by atoms with E-state index in [0.717, 1.165) is 23.6 Å². The molecule has 2 aromatic heterocycles. The SMILES string of the molecule is CC(C)(C)C[C@]1(c2ccc(-c3cnc(C(F)(F)F)nc3)cc2)N=C(N)N([C@H](COC(O)NC2(C(F)(F)F)CC2)c2ccc(Cl)c(-c3ncnn3C(F)F)c2)C1=O. The second kappa shape index (κ2) is 14.6. The van der Waals surface area contributed by atoms with E-state index < -0.39 is 66.2 Å². The van der Waals surface area contributed by atoms with Gasteiger partial charge in [0, 0.05) is 23.5 Å². The number of rotatable bonds is 12. The Bertz CT molecular complexity index is 2100. The van der Waals surface area contributed by atoms with Crippen LogP contribution in [0.5, 0.6) is 0 Å². The molecule has 56 heavy (non-hydrogen) atoms. The van der Waals surface area contributed by atoms with Crippen LogP contribution in [0, 0.1) is 5.41 Å². The maximum absolute atomic E-state index is 14.9. The molecule has 4 N–H and O–H groups in total. The second-order valence-electron chi connectivity index (χ2n) is 14.6. The highest BCUT2D eigenvalue weighted by molar-refractivity contribution is 6.33. The highest BCUT2D eigenvalue weighted by Gasteiger charge is 2.64. The first-order valence-corrected chi connectivity index (χ1v) is 17.2. The fraction of sp³-hybridized carbons (Fsp3) is 0.429. The summed E-state index contributed by atoms with van der Waals surface area (Å²) in [7, 11) is 0. The number of ether oxygens (including phenoxy) is 1. The summed E-state index contributed by atoms with van der Waals surface area (Å²) in [6.45, 7) is 1.71. The van der Waals surface area contributed by atoms with Crippen molar-refractivity contribution in [2.45, 2.75) is 82.5 Å². The number of aromatic nitrogens is 5. The first-order valence-electron chi connectivity index (χ1n) is 16.9. The third-order valence-electron chi connectivity index (χ3n) is 9.30. The van der Waals surface area contributed by atoms with E-state index in [1.165, 1.54) is 30.3 Å². The molecule has 3 atom stereocenters. The van der Waals surface area contributed by atoms with Gasteiger partial charge in [-0.2, -0.15) is 44.9 Å². The molecule has 1 aliphatic heterocycles. The average molecular weight is 816 g/mol. The number of aliphatic hydroxyl groups is 1. The van der Waals surface area contributed by atoms with Crippen LogP contribution in [0.3, 0.4) is 0 Å². The monoisotopic (exact) mass is 815 g/mol. The minimum atomic E-state index is -4.74. The molecule has 21 heteroatoms. The molecule has 2 aromatic carbocycles. The van der Waals surface area contributed by atoms with Crippen molar-refractivity contribution in [1.82, 2.24) is 34.9 Å². The summed E-state index contributed by atoms with van der Waals surface area (Å²) in [5.74, 6) is -2.73. The molecule has 1 aliphatic carbocycles. The Kier molecular flexibility index (Phi) is 10.7. The highest BCUT2D eigenvalue weighted by Crippen LogP contribution is 2.49. The quantitative estimate of drug-likeness (QED) is 0.102. The second-order valence-corrected chi connectivity index (χ2v) is 15.0. The van der Waals surface area contributed by atoms with Crippen LogP contribution in [0.2, 0.25) is 5.02 Å². The summed E-state index contributed by atoms with van der Waals surface area (Å²) < 4.78 is 114. The fourth-order valence-electron chi connectivity index (χ4n) is 6.56. The van der Waals surface area contributed by atoms with Gasteiger partial charge in [0.15, 0.2) is 17.3 Å². The molecular formula is C35H34ClF8N9O3. The van der Waals surface area contributed by atoms with E-state index in [2.05, 4.69) is 25.0 Å². The smallest absolute Gasteiger partial charge is 0.369 e. The molecule has 300 valence electrons. The third-order valence-corrected chi connectivity index (χ3v) is 9.63. The van der Waals surface area contributed by atoms with Crippen molar-refractivity contribution in [2.24, 2.45) is 16.1 Å². The molecule has 1 saturated carbocycles. The molecule has 1 amide bonds. The molecule has 12 nitrogen and oxygen atoms in total. The number of hydrogen-bond donors (Lipinski definition) is 3. The number of halogens is 9. The van der Waals surface area contributed by atoms with Gasteiger partial charge in [-0.05, 0) is 53.5 Å². The number of alkyl halides is 8. The number of nitrogens with one attached hydrogen (secondary N) is 1. The Balaban J connectivity index is 1.39. The van der Waals surface area contributed by atoms with Crippen LogP contribution in [0.1, 0.15) is 69.6 Å². The van der Waals surface area contributed by atoms with Gasteiger partial charge >= 0.3 is 18.9 Å². The molecule has 1 fully saturated rings. The van der Waals surface area contributed by atoms with Gasteiger partial charge < -0.3 is 15.6 Å². The zero-order valence-electron chi connectivity index (χ0n) is 29.7. The lowest BCUT2D eigenvalue weighted by molar-refractivity contribution is -0.204. The molecule has 0 saturated heterocycles. The zero-order chi connectivity index (χ0) is 41.0. The fourth-order valence-corrected chi connectivity index (χ4v) is 6.76. The Morgan fingerprint density at radius 2 is 1.62 bits per heavy atom. The number of aliphatic imine (C=N–C) groups is 1. The topological polar surface area (TPSA) is 157 Å². The predicted octanol–water partition coefficient (Wildman–Crippen LogP) is 6.98. The molecule has 6 rings (SSSR count). The van der Waals surface area contributed by atoms with Gasteiger partial charge in [0.2, 0.25) is 12.2 Å². The van der Waals surface area contributed by atoms with Crippen molar-refractivity contribution < 1.29 is 49.8 Å². The minimum Gasteiger partial charge on any atom is -0.369 e. The lowest BCUT2D eigenvalue weighted by Gasteiger charge is -2.35. The van der Waals surface area contributed by atoms with Crippen LogP contribution in [0.4, 0.5) is 35.1 Å². The molecular weight excluding hydrogens is 782 g/mol. The lowest BCUT2D eigenvalue weighted by Crippen LogP contribution is -2.52. The van der Waals surface area contributed by atoms with E-state index in [-0.39, 0.29) is 52.8 Å². The van der Waals surface area contributed by atoms with Gasteiger partial charge in [0.1, 0.15) is 11.9 Å². The van der Waals surface area contributed by atoms with E-state index in [0.29, 0.717) is 15.8 Å². The van der Waals surface area contributed by atoms with Gasteiger partial charge in [0.25, 0.3) is 5.91 Å². The molecule has 4 aromatic rings. The zero-order valence-corrected chi connectivity index (χ0v) is 30.5. The summed E-state index contributed by atoms with van der Waals surface area (Å²) in [6.07, 6.45) is -9.29. The van der Waals surface area contributed by atoms with Crippen molar-refractivity contribution in [2.75, 3.05) is 6.61 Å². The van der Waals surface area contributed by atoms with Crippen molar-refractivity contribution in [3.05, 3.63) is 83.2 Å². The summed E-state index contributed by atoms with van der Waals surface area (Å²) in [5, 5.41) is 16.2. The number of amides is 1. The van der Waals surface area contributed by atoms with Crippen LogP contribution < -0.4 is 11.1 Å². The maximum atomic E-state index is 14.9. The Morgan fingerprint density at radius 3 is 2.18 bits per heavy atom. The third kappa shape index (κ3) is 8.05. The van der Waals surface area contributed by atoms with Crippen LogP contribution >= 0.6 is 11.6 Å². The Labute approximate surface area is 318 Å². The molecule has 0 bridgehead atoms. The molecule has 0 radical (unpaired) electrons. The number of hydrogen-bond acceptors (Lipinski definition) is 10. The summed E-state index contributed by atoms with van der Waals surface area (Å²) in [4.78, 5) is 31.3. The van der Waals surface area contributed by atoms with Crippen molar-refractivity contribution >= 4 is 23.5 Å². The summed E-state index contributed by atoms with van der Waals surface area (Å²) in [5.41, 5.74) is 2.88. The van der Waals surface area contributed by atoms with E-state index in [4.69, 9.17) is 22.1 Å². The van der Waals surface area contributed by atoms with E-state index >= 15 is 0 Å². The Hall–Kier alpha value is -4.79. The van der Waals surface area contributed by atoms with Gasteiger partial charge in [-0.15, -0.1) is 0 Å². The largest absolute Gasteiger partial charge is 0.451 e. The first kappa shape index (κ1) is 40.9. The first-order chi connectivity index (χ1) is 26.0. The lowest BCUT2D eigenvalue weighted by atomic mass is 9.75. The number of carbonyl (C=O) groups excluding carboxylic acids is 1. The number of carbonyl (C=O) groups is 1. The van der Waals surface area contributed by atoms with Gasteiger partial charge in [-0.25, -0.2) is 19.9 Å². The van der Waals surface area contributed by atoms with Crippen molar-refractivity contribution in [3.63, 3.8) is 0 Å². The van der Waals surface area contributed by atoms with E-state index in [1.54, 1.807) is 12.1 Å². The summed E-state index contributed by atoms with van der Waals surface area (Å²) in [6, 6.07) is 8.84. The van der Waals surface area contributed by atoms with Crippen LogP contribution in [-0.2, 0) is 21.2 Å². The van der Waals surface area contributed by atoms with Crippen LogP contribution in [-0.4, -0.2) is 71.3 Å². The van der Waals surface area contributed by atoms with Crippen LogP contribution in [0.15, 0.2) is 66.2 Å². The number of benzene rings is 2. The number of aliphatic hydroxyl groups excluding tert-OH is 1. The molecule has 2 aliphatic rings. The average Bonchev–Trinajstić information content (AvgIpc) is 3.66. The standard InChI is InChI=1S/C35H34ClF8N9O3/c1-31(2,3)16-33(21-7-4-18(5-8-21)20-13-46-26(47-14-20)34(39,40)41)27(54)52(29(45)50-33)24(15-56-30(55)51-32(10-11-32)35(42,43)44)19-6-9-23(36)22(12-19)25-48-17-49-53(25)28(37)38/h4-9,12-14,17,24,28,30,51,55H,10-11,15-16H2,1-3H3,(H2,45,50)/t24-,30?,33-/m1/s1. The van der Waals surface area contributed by atoms with Gasteiger partial charge in [-0.3, -0.25) is 15.0 Å². The van der Waals surface area contributed by atoms with Crippen molar-refractivity contribution in [3.8, 4) is 22.5 Å². The van der Waals surface area contributed by atoms with Crippen LogP contribution in [0.25, 0.3) is 22.5 Å². The van der Waals surface area contributed by atoms with E-state index in [9.17, 15) is 45.0 Å². The summed E-state index contributed by atoms with van der Waals surface area (Å²) >= 11 is 6.42. The number of nitrogens with zero attached hydrogens (tertiary/aromatic N) is 7. The van der Waals surface area contributed by atoms with E-state index in [1.807, 2.05) is 26.1 Å². The Morgan fingerprint density at radius 1 is 0.982 bits per heavy atom. The normalized spacial score (nSPS) is 19.7. The van der Waals surface area contributed by atoms with Gasteiger partial charge in [0.05, 0.1) is 17.7 Å². The molecule has 1 unspecified atom stereocenters. The van der Waals surface area contributed by atoms with Gasteiger partial charge in [-0.1, -0.05) is 62.7 Å². The molecule has 0 spiro atoms. The highest BCUT2D eigenvalue weighted by atomic mass is 35.5.